The van der Waals surface area contributed by atoms with Crippen LogP contribution in [0.1, 0.15) is 44.2 Å². The van der Waals surface area contributed by atoms with Gasteiger partial charge in [0.25, 0.3) is 0 Å². The van der Waals surface area contributed by atoms with Crippen LogP contribution in [0.15, 0.2) is 90.5 Å². The molecule has 1 heterocycles. The Hall–Kier alpha value is -2.46. The third-order valence-electron chi connectivity index (χ3n) is 6.84. The van der Waals surface area contributed by atoms with Crippen molar-refractivity contribution >= 4 is 5.57 Å². The van der Waals surface area contributed by atoms with E-state index in [1.54, 1.807) is 0 Å². The number of fused-ring (bicyclic) bond motifs is 1. The molecule has 0 radical (unpaired) electrons. The summed E-state index contributed by atoms with van der Waals surface area (Å²) in [7, 11) is 0. The van der Waals surface area contributed by atoms with Crippen molar-refractivity contribution in [3.05, 3.63) is 102 Å². The Morgan fingerprint density at radius 2 is 1.70 bits per heavy atom. The van der Waals surface area contributed by atoms with Crippen molar-refractivity contribution < 1.29 is 14.5 Å². The molecule has 1 saturated heterocycles. The van der Waals surface area contributed by atoms with E-state index in [2.05, 4.69) is 69.0 Å². The van der Waals surface area contributed by atoms with E-state index in [0.29, 0.717) is 12.3 Å². The smallest absolute Gasteiger partial charge is 0.224 e. The van der Waals surface area contributed by atoms with Gasteiger partial charge in [-0.1, -0.05) is 78.9 Å². The number of benzene rings is 2. The highest BCUT2D eigenvalue weighted by molar-refractivity contribution is 5.70. The molecule has 0 amide bonds. The maximum absolute atomic E-state index is 6.81. The van der Waals surface area contributed by atoms with Gasteiger partial charge in [0.1, 0.15) is 6.10 Å². The van der Waals surface area contributed by atoms with Crippen LogP contribution in [0.4, 0.5) is 0 Å². The van der Waals surface area contributed by atoms with E-state index in [1.807, 2.05) is 24.3 Å². The first-order chi connectivity index (χ1) is 14.5. The zero-order chi connectivity index (χ0) is 20.8. The van der Waals surface area contributed by atoms with E-state index in [4.69, 9.17) is 14.5 Å². The van der Waals surface area contributed by atoms with Crippen molar-refractivity contribution in [2.45, 2.75) is 50.6 Å². The second kappa shape index (κ2) is 7.35. The van der Waals surface area contributed by atoms with Crippen LogP contribution >= 0.6 is 0 Å². The van der Waals surface area contributed by atoms with Crippen LogP contribution in [0.2, 0.25) is 0 Å². The Morgan fingerprint density at radius 3 is 2.40 bits per heavy atom. The minimum atomic E-state index is -0.868. The van der Waals surface area contributed by atoms with E-state index in [1.165, 1.54) is 11.1 Å². The maximum atomic E-state index is 6.81. The van der Waals surface area contributed by atoms with E-state index < -0.39 is 11.4 Å². The Labute approximate surface area is 178 Å². The molecule has 3 heteroatoms. The molecule has 2 aliphatic carbocycles. The number of ether oxygens (including phenoxy) is 1. The van der Waals surface area contributed by atoms with E-state index in [0.717, 1.165) is 29.6 Å². The highest BCUT2D eigenvalue weighted by Gasteiger charge is 2.58. The fourth-order valence-electron chi connectivity index (χ4n) is 4.88. The zero-order valence-corrected chi connectivity index (χ0v) is 17.6. The monoisotopic (exact) mass is 400 g/mol. The predicted octanol–water partition coefficient (Wildman–Crippen LogP) is 6.34. The molecule has 0 saturated carbocycles. The van der Waals surface area contributed by atoms with E-state index >= 15 is 0 Å². The van der Waals surface area contributed by atoms with Crippen LogP contribution < -0.4 is 0 Å². The van der Waals surface area contributed by atoms with Gasteiger partial charge < -0.3 is 4.74 Å². The maximum Gasteiger partial charge on any atom is 0.224 e. The normalized spacial score (nSPS) is 33.0. The first-order valence-electron chi connectivity index (χ1n) is 10.7. The molecule has 5 rings (SSSR count). The van der Waals surface area contributed by atoms with Crippen LogP contribution in [0.3, 0.4) is 0 Å². The van der Waals surface area contributed by atoms with Gasteiger partial charge in [-0.3, -0.25) is 0 Å². The largest absolute Gasteiger partial charge is 0.333 e. The fourth-order valence-corrected chi connectivity index (χ4v) is 4.88. The van der Waals surface area contributed by atoms with Gasteiger partial charge in [0, 0.05) is 12.8 Å². The van der Waals surface area contributed by atoms with Crippen molar-refractivity contribution in [3.63, 3.8) is 0 Å². The zero-order valence-electron chi connectivity index (χ0n) is 17.6. The standard InChI is InChI=1S/C27H28O3/c1-19(2)22-15-14-20(3)27(18-22)28-25-16-23(21-10-6-4-7-11-21)17-26(25,29-30-27)24-12-8-5-9-13-24/h4-14,16,22,25H,1,15,17-18H2,2-3H3/t22-,25+,26+,27+/m1/s1. The van der Waals surface area contributed by atoms with Crippen LogP contribution in [0.25, 0.3) is 5.57 Å². The molecule has 0 unspecified atom stereocenters. The lowest BCUT2D eigenvalue weighted by Gasteiger charge is -2.49. The highest BCUT2D eigenvalue weighted by atomic mass is 17.2. The molecule has 1 aliphatic heterocycles. The SMILES string of the molecule is C=C(C)[C@@H]1CC=C(C)[C@]2(C1)OO[C@]1(c3ccccc3)CC(c3ccccc3)=C[C@@H]1O2. The molecule has 1 fully saturated rings. The summed E-state index contributed by atoms with van der Waals surface area (Å²) < 4.78 is 6.81. The first kappa shape index (κ1) is 19.5. The summed E-state index contributed by atoms with van der Waals surface area (Å²) in [6, 6.07) is 20.8. The number of rotatable bonds is 3. The summed E-state index contributed by atoms with van der Waals surface area (Å²) in [6.45, 7) is 8.32. The lowest BCUT2D eigenvalue weighted by atomic mass is 9.81. The summed E-state index contributed by atoms with van der Waals surface area (Å²) in [6.07, 6.45) is 6.59. The summed E-state index contributed by atoms with van der Waals surface area (Å²) >= 11 is 0. The van der Waals surface area contributed by atoms with Crippen molar-refractivity contribution in [3.8, 4) is 0 Å². The van der Waals surface area contributed by atoms with Crippen LogP contribution in [-0.2, 0) is 20.1 Å². The molecular formula is C27H28O3. The van der Waals surface area contributed by atoms with Crippen molar-refractivity contribution in [1.82, 2.24) is 0 Å². The molecule has 0 N–H and O–H groups in total. The lowest BCUT2D eigenvalue weighted by Crippen LogP contribution is -2.56. The Balaban J connectivity index is 1.55. The minimum Gasteiger partial charge on any atom is -0.333 e. The Kier molecular flexibility index (Phi) is 4.78. The van der Waals surface area contributed by atoms with Crippen LogP contribution in [-0.4, -0.2) is 11.9 Å². The van der Waals surface area contributed by atoms with Gasteiger partial charge in [-0.05, 0) is 54.5 Å². The van der Waals surface area contributed by atoms with Gasteiger partial charge in [0.15, 0.2) is 5.60 Å². The third kappa shape index (κ3) is 3.09. The van der Waals surface area contributed by atoms with Gasteiger partial charge in [-0.15, -0.1) is 0 Å². The number of hydrogen-bond acceptors (Lipinski definition) is 3. The molecule has 0 bridgehead atoms. The van der Waals surface area contributed by atoms with Crippen LogP contribution in [0.5, 0.6) is 0 Å². The Morgan fingerprint density at radius 1 is 1.00 bits per heavy atom. The molecule has 30 heavy (non-hydrogen) atoms. The summed E-state index contributed by atoms with van der Waals surface area (Å²) in [5.41, 5.74) is 5.02. The van der Waals surface area contributed by atoms with Crippen molar-refractivity contribution in [2.75, 3.05) is 0 Å². The number of allylic oxidation sites excluding steroid dienone is 2. The van der Waals surface area contributed by atoms with Crippen molar-refractivity contribution in [1.29, 1.82) is 0 Å². The molecular weight excluding hydrogens is 372 g/mol. The topological polar surface area (TPSA) is 27.7 Å². The molecule has 4 atom stereocenters. The molecule has 1 spiro atoms. The third-order valence-corrected chi connectivity index (χ3v) is 6.84. The van der Waals surface area contributed by atoms with Gasteiger partial charge in [-0.25, -0.2) is 4.89 Å². The average Bonchev–Trinajstić information content (AvgIpc) is 3.17. The second-order valence-electron chi connectivity index (χ2n) is 8.82. The van der Waals surface area contributed by atoms with Gasteiger partial charge in [-0.2, -0.15) is 4.89 Å². The summed E-state index contributed by atoms with van der Waals surface area (Å²) in [4.78, 5) is 12.6. The van der Waals surface area contributed by atoms with Crippen molar-refractivity contribution in [2.24, 2.45) is 5.92 Å². The highest BCUT2D eigenvalue weighted by Crippen LogP contribution is 2.54. The van der Waals surface area contributed by atoms with Gasteiger partial charge >= 0.3 is 0 Å². The molecule has 3 nitrogen and oxygen atoms in total. The van der Waals surface area contributed by atoms with Crippen LogP contribution in [0, 0.1) is 5.92 Å². The van der Waals surface area contributed by atoms with E-state index in [9.17, 15) is 0 Å². The Bertz CT molecular complexity index is 1010. The van der Waals surface area contributed by atoms with E-state index in [-0.39, 0.29) is 6.10 Å². The molecule has 3 aliphatic rings. The average molecular weight is 401 g/mol. The van der Waals surface area contributed by atoms with Gasteiger partial charge in [0.05, 0.1) is 0 Å². The number of hydrogen-bond donors (Lipinski definition) is 0. The molecule has 2 aromatic rings. The molecule has 154 valence electrons. The second-order valence-corrected chi connectivity index (χ2v) is 8.82. The fraction of sp³-hybridized carbons (Fsp3) is 0.333. The summed E-state index contributed by atoms with van der Waals surface area (Å²) in [5.74, 6) is -0.548. The predicted molar refractivity (Wildman–Crippen MR) is 118 cm³/mol. The minimum absolute atomic E-state index is 0.240. The molecule has 0 aromatic heterocycles. The summed E-state index contributed by atoms with van der Waals surface area (Å²) in [5, 5.41) is 0. The molecule has 2 aromatic carbocycles. The lowest BCUT2D eigenvalue weighted by molar-refractivity contribution is -0.518. The quantitative estimate of drug-likeness (QED) is 0.444. The van der Waals surface area contributed by atoms with Gasteiger partial charge in [0.2, 0.25) is 5.79 Å². The first-order valence-corrected chi connectivity index (χ1v) is 10.7.